The molecule has 0 radical (unpaired) electrons. The molecule has 186 valence electrons. The average Bonchev–Trinajstić information content (AvgIpc) is 2.85. The zero-order chi connectivity index (χ0) is 25.0. The Balaban J connectivity index is 1.40. The second kappa shape index (κ2) is 13.4. The molecule has 1 saturated carbocycles. The summed E-state index contributed by atoms with van der Waals surface area (Å²) in [6, 6.07) is 12.1. The van der Waals surface area contributed by atoms with Gasteiger partial charge in [-0.2, -0.15) is 0 Å². The topological polar surface area (TPSA) is 105 Å². The van der Waals surface area contributed by atoms with Crippen molar-refractivity contribution in [3.05, 3.63) is 72.3 Å². The van der Waals surface area contributed by atoms with Gasteiger partial charge in [-0.3, -0.25) is 4.79 Å². The molecule has 0 atom stereocenters. The van der Waals surface area contributed by atoms with Crippen molar-refractivity contribution in [3.63, 3.8) is 0 Å². The number of rotatable bonds is 11. The number of carbonyl (C=O) groups is 2. The van der Waals surface area contributed by atoms with Crippen LogP contribution in [0.5, 0.6) is 5.75 Å². The summed E-state index contributed by atoms with van der Waals surface area (Å²) >= 11 is 0. The van der Waals surface area contributed by atoms with Crippen molar-refractivity contribution in [3.8, 4) is 5.75 Å². The first-order valence-corrected chi connectivity index (χ1v) is 12.4. The Morgan fingerprint density at radius 1 is 0.971 bits per heavy atom. The molecule has 35 heavy (non-hydrogen) atoms. The van der Waals surface area contributed by atoms with Gasteiger partial charge in [0.1, 0.15) is 12.4 Å². The number of nitrogens with two attached hydrogens (primary N) is 2. The van der Waals surface area contributed by atoms with Gasteiger partial charge in [-0.1, -0.05) is 31.1 Å². The van der Waals surface area contributed by atoms with Crippen LogP contribution in [0.2, 0.25) is 0 Å². The van der Waals surface area contributed by atoms with Crippen LogP contribution >= 0.6 is 0 Å². The number of unbranched alkanes of at least 4 members (excludes halogenated alkanes) is 2. The Hall–Kier alpha value is -3.54. The molecule has 6 nitrogen and oxygen atoms in total. The number of esters is 2. The van der Waals surface area contributed by atoms with Gasteiger partial charge in [0.2, 0.25) is 0 Å². The zero-order valence-electron chi connectivity index (χ0n) is 20.3. The first kappa shape index (κ1) is 26.1. The molecule has 0 heterocycles. The fraction of sp³-hybridized carbons (Fsp3) is 0.379. The summed E-state index contributed by atoms with van der Waals surface area (Å²) in [5.74, 6) is 0.595. The van der Waals surface area contributed by atoms with Crippen LogP contribution in [0, 0.1) is 11.8 Å². The van der Waals surface area contributed by atoms with Crippen LogP contribution in [0.25, 0.3) is 6.08 Å². The van der Waals surface area contributed by atoms with Crippen molar-refractivity contribution < 1.29 is 19.1 Å². The molecule has 0 aromatic heterocycles. The van der Waals surface area contributed by atoms with Crippen molar-refractivity contribution >= 4 is 29.4 Å². The molecule has 0 unspecified atom stereocenters. The van der Waals surface area contributed by atoms with E-state index in [2.05, 4.69) is 6.58 Å². The molecule has 3 rings (SSSR count). The lowest BCUT2D eigenvalue weighted by Gasteiger charge is -2.27. The Morgan fingerprint density at radius 2 is 1.66 bits per heavy atom. The maximum absolute atomic E-state index is 12.6. The van der Waals surface area contributed by atoms with Crippen molar-refractivity contribution in [1.29, 1.82) is 0 Å². The van der Waals surface area contributed by atoms with Crippen LogP contribution in [-0.4, -0.2) is 11.9 Å². The second-order valence-corrected chi connectivity index (χ2v) is 9.23. The minimum atomic E-state index is -0.474. The van der Waals surface area contributed by atoms with E-state index in [9.17, 15) is 9.59 Å². The van der Waals surface area contributed by atoms with Gasteiger partial charge >= 0.3 is 11.9 Å². The van der Waals surface area contributed by atoms with Crippen molar-refractivity contribution in [2.45, 2.75) is 58.0 Å². The quantitative estimate of drug-likeness (QED) is 0.102. The molecule has 2 aromatic carbocycles. The Bertz CT molecular complexity index is 1000. The largest absolute Gasteiger partial charge is 0.458 e. The van der Waals surface area contributed by atoms with Gasteiger partial charge in [0, 0.05) is 17.5 Å². The summed E-state index contributed by atoms with van der Waals surface area (Å²) in [7, 11) is 0. The summed E-state index contributed by atoms with van der Waals surface area (Å²) in [4.78, 5) is 24.6. The van der Waals surface area contributed by atoms with E-state index in [-0.39, 0.29) is 18.5 Å². The number of benzene rings is 2. The van der Waals surface area contributed by atoms with Crippen LogP contribution in [0.1, 0.15) is 62.5 Å². The second-order valence-electron chi connectivity index (χ2n) is 9.23. The molecule has 0 saturated heterocycles. The minimum absolute atomic E-state index is 0.0240. The van der Waals surface area contributed by atoms with Gasteiger partial charge < -0.3 is 20.9 Å². The van der Waals surface area contributed by atoms with Gasteiger partial charge in [-0.05, 0) is 92.0 Å². The molecular formula is C29H36N2O4. The van der Waals surface area contributed by atoms with Gasteiger partial charge in [0.15, 0.2) is 0 Å². The van der Waals surface area contributed by atoms with E-state index in [0.29, 0.717) is 17.1 Å². The fourth-order valence-corrected chi connectivity index (χ4v) is 4.45. The van der Waals surface area contributed by atoms with E-state index in [0.717, 1.165) is 49.1 Å². The molecule has 4 N–H and O–H groups in total. The minimum Gasteiger partial charge on any atom is -0.458 e. The monoisotopic (exact) mass is 476 g/mol. The summed E-state index contributed by atoms with van der Waals surface area (Å²) in [6.45, 7) is 3.86. The Labute approximate surface area is 208 Å². The lowest BCUT2D eigenvalue weighted by Crippen LogP contribution is -2.25. The SMILES string of the molecule is C=CCCCCC1CCC(C(=O)Oc2ccc(/C=C/C(=O)OCc3cc(N)cc(N)c3)cc2)CC1. The third-order valence-electron chi connectivity index (χ3n) is 6.38. The lowest BCUT2D eigenvalue weighted by molar-refractivity contribution is -0.140. The first-order chi connectivity index (χ1) is 16.9. The summed E-state index contributed by atoms with van der Waals surface area (Å²) in [6.07, 6.45) is 13.7. The number of carbonyl (C=O) groups excluding carboxylic acids is 2. The molecule has 0 bridgehead atoms. The van der Waals surface area contributed by atoms with Gasteiger partial charge in [0.05, 0.1) is 5.92 Å². The maximum Gasteiger partial charge on any atom is 0.331 e. The van der Waals surface area contributed by atoms with Crippen molar-refractivity contribution in [2.24, 2.45) is 11.8 Å². The van der Waals surface area contributed by atoms with E-state index in [1.807, 2.05) is 6.08 Å². The molecular weight excluding hydrogens is 440 g/mol. The smallest absolute Gasteiger partial charge is 0.331 e. The predicted molar refractivity (Wildman–Crippen MR) is 140 cm³/mol. The maximum atomic E-state index is 12.6. The molecule has 2 aromatic rings. The highest BCUT2D eigenvalue weighted by molar-refractivity contribution is 5.87. The molecule has 0 spiro atoms. The third kappa shape index (κ3) is 8.96. The Kier molecular flexibility index (Phi) is 9.96. The summed E-state index contributed by atoms with van der Waals surface area (Å²) in [5, 5.41) is 0. The third-order valence-corrected chi connectivity index (χ3v) is 6.38. The predicted octanol–water partition coefficient (Wildman–Crippen LogP) is 6.07. The Morgan fingerprint density at radius 3 is 2.31 bits per heavy atom. The number of ether oxygens (including phenoxy) is 2. The summed E-state index contributed by atoms with van der Waals surface area (Å²) in [5.41, 5.74) is 14.1. The molecule has 0 aliphatic heterocycles. The number of hydrogen-bond donors (Lipinski definition) is 2. The molecule has 1 aliphatic rings. The molecule has 0 amide bonds. The lowest BCUT2D eigenvalue weighted by atomic mass is 9.80. The van der Waals surface area contributed by atoms with Crippen LogP contribution in [0.15, 0.2) is 61.2 Å². The van der Waals surface area contributed by atoms with Crippen molar-refractivity contribution in [2.75, 3.05) is 11.5 Å². The number of anilines is 2. The normalized spacial score (nSPS) is 17.7. The zero-order valence-corrected chi connectivity index (χ0v) is 20.3. The number of nitrogen functional groups attached to an aromatic ring is 2. The molecule has 6 heteroatoms. The van der Waals surface area contributed by atoms with Crippen LogP contribution in [0.3, 0.4) is 0 Å². The van der Waals surface area contributed by atoms with E-state index in [4.69, 9.17) is 20.9 Å². The van der Waals surface area contributed by atoms with Gasteiger partial charge in [-0.15, -0.1) is 6.58 Å². The van der Waals surface area contributed by atoms with Crippen LogP contribution in [-0.2, 0) is 20.9 Å². The highest BCUT2D eigenvalue weighted by Crippen LogP contribution is 2.33. The highest BCUT2D eigenvalue weighted by Gasteiger charge is 2.27. The summed E-state index contributed by atoms with van der Waals surface area (Å²) < 4.78 is 10.8. The standard InChI is InChI=1S/C29H36N2O4/c1-2-3-4-5-6-21-7-12-24(13-8-21)29(33)35-27-14-9-22(10-15-27)11-16-28(32)34-20-23-17-25(30)19-26(31)18-23/h2,9-11,14-19,21,24H,1,3-8,12-13,20,30-31H2/b16-11+. The van der Waals surface area contributed by atoms with E-state index >= 15 is 0 Å². The van der Waals surface area contributed by atoms with Crippen molar-refractivity contribution in [1.82, 2.24) is 0 Å². The first-order valence-electron chi connectivity index (χ1n) is 12.4. The van der Waals surface area contributed by atoms with Crippen LogP contribution in [0.4, 0.5) is 11.4 Å². The van der Waals surface area contributed by atoms with Crippen LogP contribution < -0.4 is 16.2 Å². The van der Waals surface area contributed by atoms with E-state index in [1.165, 1.54) is 25.3 Å². The average molecular weight is 477 g/mol. The van der Waals surface area contributed by atoms with Gasteiger partial charge in [-0.25, -0.2) is 4.79 Å². The van der Waals surface area contributed by atoms with E-state index < -0.39 is 5.97 Å². The number of hydrogen-bond acceptors (Lipinski definition) is 6. The fourth-order valence-electron chi connectivity index (χ4n) is 4.45. The van der Waals surface area contributed by atoms with E-state index in [1.54, 1.807) is 48.5 Å². The molecule has 1 aliphatic carbocycles. The molecule has 1 fully saturated rings. The number of allylic oxidation sites excluding steroid dienone is 1. The van der Waals surface area contributed by atoms with Gasteiger partial charge in [0.25, 0.3) is 0 Å². The highest BCUT2D eigenvalue weighted by atomic mass is 16.5.